The van der Waals surface area contributed by atoms with Crippen LogP contribution >= 0.6 is 0 Å². The number of rotatable bonds is 4. The van der Waals surface area contributed by atoms with Gasteiger partial charge in [0.25, 0.3) is 5.91 Å². The van der Waals surface area contributed by atoms with Gasteiger partial charge in [-0.25, -0.2) is 0 Å². The van der Waals surface area contributed by atoms with Gasteiger partial charge in [-0.2, -0.15) is 0 Å². The van der Waals surface area contributed by atoms with Gasteiger partial charge in [0.05, 0.1) is 5.56 Å². The van der Waals surface area contributed by atoms with Crippen molar-refractivity contribution in [1.82, 2.24) is 15.2 Å². The smallest absolute Gasteiger partial charge is 0.256 e. The van der Waals surface area contributed by atoms with Crippen LogP contribution in [0.15, 0.2) is 42.6 Å². The van der Waals surface area contributed by atoms with E-state index in [1.807, 2.05) is 36.4 Å². The van der Waals surface area contributed by atoms with E-state index in [2.05, 4.69) is 24.1 Å². The summed E-state index contributed by atoms with van der Waals surface area (Å²) in [5.41, 5.74) is 2.65. The zero-order valence-corrected chi connectivity index (χ0v) is 14.8. The Labute approximate surface area is 148 Å². The number of aromatic amines is 1. The van der Waals surface area contributed by atoms with Gasteiger partial charge in [-0.1, -0.05) is 44.2 Å². The predicted molar refractivity (Wildman–Crippen MR) is 97.5 cm³/mol. The zero-order chi connectivity index (χ0) is 17.8. The summed E-state index contributed by atoms with van der Waals surface area (Å²) in [6.07, 6.45) is 3.09. The summed E-state index contributed by atoms with van der Waals surface area (Å²) in [5.74, 6) is 0.0848. The number of benzene rings is 1. The van der Waals surface area contributed by atoms with E-state index >= 15 is 0 Å². The highest BCUT2D eigenvalue weighted by atomic mass is 16.2. The molecule has 2 N–H and O–H groups in total. The van der Waals surface area contributed by atoms with Gasteiger partial charge in [-0.15, -0.1) is 0 Å². The van der Waals surface area contributed by atoms with Crippen LogP contribution < -0.4 is 5.32 Å². The lowest BCUT2D eigenvalue weighted by molar-refractivity contribution is -0.124. The van der Waals surface area contributed by atoms with Gasteiger partial charge in [-0.3, -0.25) is 9.59 Å². The Balaban J connectivity index is 1.90. The highest BCUT2D eigenvalue weighted by Gasteiger charge is 2.33. The molecule has 3 rings (SSSR count). The first-order chi connectivity index (χ1) is 12.1. The van der Waals surface area contributed by atoms with E-state index in [1.54, 1.807) is 11.1 Å². The lowest BCUT2D eigenvalue weighted by atomic mass is 10.0. The van der Waals surface area contributed by atoms with E-state index in [0.29, 0.717) is 25.1 Å². The Bertz CT molecular complexity index is 736. The molecule has 0 aliphatic carbocycles. The summed E-state index contributed by atoms with van der Waals surface area (Å²) < 4.78 is 0. The van der Waals surface area contributed by atoms with Crippen molar-refractivity contribution in [1.29, 1.82) is 0 Å². The maximum absolute atomic E-state index is 13.2. The van der Waals surface area contributed by atoms with Crippen molar-refractivity contribution >= 4 is 11.8 Å². The lowest BCUT2D eigenvalue weighted by Crippen LogP contribution is -2.48. The van der Waals surface area contributed by atoms with Crippen LogP contribution in [-0.2, 0) is 11.2 Å². The van der Waals surface area contributed by atoms with E-state index in [1.165, 1.54) is 0 Å². The standard InChI is InChI=1S/C20H25N3O2/c1-14(2)18-16(9-11-21-18)20(25)23-12-6-10-22-19(24)17(23)13-15-7-4-3-5-8-15/h3-5,7-9,11,14,17,21H,6,10,12-13H2,1-2H3,(H,22,24). The van der Waals surface area contributed by atoms with Crippen LogP contribution in [0.5, 0.6) is 0 Å². The van der Waals surface area contributed by atoms with Gasteiger partial charge < -0.3 is 15.2 Å². The lowest BCUT2D eigenvalue weighted by Gasteiger charge is -2.29. The Morgan fingerprint density at radius 2 is 2.00 bits per heavy atom. The fraction of sp³-hybridized carbons (Fsp3) is 0.400. The second kappa shape index (κ2) is 7.55. The number of amides is 2. The van der Waals surface area contributed by atoms with Crippen LogP contribution in [0.2, 0.25) is 0 Å². The summed E-state index contributed by atoms with van der Waals surface area (Å²) in [4.78, 5) is 30.7. The normalized spacial score (nSPS) is 18.1. The number of hydrogen-bond donors (Lipinski definition) is 2. The van der Waals surface area contributed by atoms with Crippen molar-refractivity contribution in [3.63, 3.8) is 0 Å². The van der Waals surface area contributed by atoms with Crippen LogP contribution in [0, 0.1) is 0 Å². The average molecular weight is 339 g/mol. The van der Waals surface area contributed by atoms with Crippen LogP contribution in [0.3, 0.4) is 0 Å². The number of nitrogens with one attached hydrogen (secondary N) is 2. The van der Waals surface area contributed by atoms with E-state index in [4.69, 9.17) is 0 Å². The SMILES string of the molecule is CC(C)c1[nH]ccc1C(=O)N1CCCNC(=O)C1Cc1ccccc1. The molecule has 0 saturated carbocycles. The molecular weight excluding hydrogens is 314 g/mol. The second-order valence-corrected chi connectivity index (χ2v) is 6.81. The molecule has 132 valence electrons. The topological polar surface area (TPSA) is 65.2 Å². The molecule has 0 radical (unpaired) electrons. The summed E-state index contributed by atoms with van der Waals surface area (Å²) in [7, 11) is 0. The number of H-pyrrole nitrogens is 1. The maximum Gasteiger partial charge on any atom is 0.256 e. The van der Waals surface area contributed by atoms with Gasteiger partial charge in [0.2, 0.25) is 5.91 Å². The molecule has 2 heterocycles. The monoisotopic (exact) mass is 339 g/mol. The fourth-order valence-corrected chi connectivity index (χ4v) is 3.36. The molecule has 1 aromatic heterocycles. The van der Waals surface area contributed by atoms with Crippen molar-refractivity contribution < 1.29 is 9.59 Å². The van der Waals surface area contributed by atoms with Crippen molar-refractivity contribution in [3.05, 3.63) is 59.4 Å². The van der Waals surface area contributed by atoms with Crippen molar-refractivity contribution in [3.8, 4) is 0 Å². The quantitative estimate of drug-likeness (QED) is 0.899. The van der Waals surface area contributed by atoms with Crippen molar-refractivity contribution in [2.75, 3.05) is 13.1 Å². The van der Waals surface area contributed by atoms with Gasteiger partial charge >= 0.3 is 0 Å². The number of aromatic nitrogens is 1. The van der Waals surface area contributed by atoms with E-state index < -0.39 is 6.04 Å². The Kier molecular flexibility index (Phi) is 5.22. The predicted octanol–water partition coefficient (Wildman–Crippen LogP) is 2.71. The molecule has 5 heteroatoms. The third-order valence-corrected chi connectivity index (χ3v) is 4.67. The first kappa shape index (κ1) is 17.3. The molecule has 1 fully saturated rings. The number of carbonyl (C=O) groups is 2. The third-order valence-electron chi connectivity index (χ3n) is 4.67. The molecule has 0 spiro atoms. The summed E-state index contributed by atoms with van der Waals surface area (Å²) in [6, 6.07) is 11.2. The second-order valence-electron chi connectivity index (χ2n) is 6.81. The first-order valence-electron chi connectivity index (χ1n) is 8.88. The van der Waals surface area contributed by atoms with E-state index in [-0.39, 0.29) is 17.7 Å². The largest absolute Gasteiger partial charge is 0.364 e. The van der Waals surface area contributed by atoms with Crippen LogP contribution in [0.4, 0.5) is 0 Å². The zero-order valence-electron chi connectivity index (χ0n) is 14.8. The summed E-state index contributed by atoms with van der Waals surface area (Å²) in [5, 5.41) is 2.94. The molecule has 1 aromatic carbocycles. The van der Waals surface area contributed by atoms with Crippen molar-refractivity contribution in [2.45, 2.75) is 38.6 Å². The minimum absolute atomic E-state index is 0.0667. The summed E-state index contributed by atoms with van der Waals surface area (Å²) in [6.45, 7) is 5.30. The van der Waals surface area contributed by atoms with Gasteiger partial charge in [0, 0.05) is 31.4 Å². The number of hydrogen-bond acceptors (Lipinski definition) is 2. The molecule has 1 aliphatic rings. The average Bonchev–Trinajstić information content (AvgIpc) is 3.03. The Morgan fingerprint density at radius 3 is 2.72 bits per heavy atom. The number of nitrogens with zero attached hydrogens (tertiary/aromatic N) is 1. The first-order valence-corrected chi connectivity index (χ1v) is 8.88. The van der Waals surface area contributed by atoms with E-state index in [0.717, 1.165) is 17.7 Å². The molecule has 0 bridgehead atoms. The molecule has 1 unspecified atom stereocenters. The van der Waals surface area contributed by atoms with Gasteiger partial charge in [-0.05, 0) is 24.0 Å². The molecule has 1 aliphatic heterocycles. The molecular formula is C20H25N3O2. The molecule has 2 aromatic rings. The molecule has 1 atom stereocenters. The van der Waals surface area contributed by atoms with Gasteiger partial charge in [0.15, 0.2) is 0 Å². The minimum Gasteiger partial charge on any atom is -0.364 e. The van der Waals surface area contributed by atoms with Crippen LogP contribution in [0.1, 0.15) is 47.8 Å². The molecule has 1 saturated heterocycles. The number of carbonyl (C=O) groups excluding carboxylic acids is 2. The minimum atomic E-state index is -0.479. The Morgan fingerprint density at radius 1 is 1.24 bits per heavy atom. The van der Waals surface area contributed by atoms with Crippen LogP contribution in [0.25, 0.3) is 0 Å². The maximum atomic E-state index is 13.2. The van der Waals surface area contributed by atoms with Crippen molar-refractivity contribution in [2.24, 2.45) is 0 Å². The van der Waals surface area contributed by atoms with E-state index in [9.17, 15) is 9.59 Å². The highest BCUT2D eigenvalue weighted by Crippen LogP contribution is 2.22. The third kappa shape index (κ3) is 3.76. The fourth-order valence-electron chi connectivity index (χ4n) is 3.36. The molecule has 5 nitrogen and oxygen atoms in total. The highest BCUT2D eigenvalue weighted by molar-refractivity contribution is 5.99. The van der Waals surface area contributed by atoms with Gasteiger partial charge in [0.1, 0.15) is 6.04 Å². The van der Waals surface area contributed by atoms with Crippen LogP contribution in [-0.4, -0.2) is 40.8 Å². The molecule has 25 heavy (non-hydrogen) atoms. The summed E-state index contributed by atoms with van der Waals surface area (Å²) >= 11 is 0. The molecule has 2 amide bonds. The Hall–Kier alpha value is -2.56.